The van der Waals surface area contributed by atoms with Crippen LogP contribution in [-0.4, -0.2) is 18.5 Å². The first kappa shape index (κ1) is 25.4. The van der Waals surface area contributed by atoms with E-state index >= 15 is 0 Å². The van der Waals surface area contributed by atoms with Gasteiger partial charge in [0.1, 0.15) is 12.4 Å². The Morgan fingerprint density at radius 1 is 1.14 bits per heavy atom. The van der Waals surface area contributed by atoms with Gasteiger partial charge >= 0.3 is 0 Å². The Morgan fingerprint density at radius 3 is 2.64 bits per heavy atom. The predicted molar refractivity (Wildman–Crippen MR) is 145 cm³/mol. The summed E-state index contributed by atoms with van der Waals surface area (Å²) in [5, 5.41) is 6.31. The Bertz CT molecular complexity index is 1270. The molecule has 0 bridgehead atoms. The summed E-state index contributed by atoms with van der Waals surface area (Å²) < 4.78 is 25.2. The number of nitrogens with one attached hydrogen (secondary N) is 2. The highest BCUT2D eigenvalue weighted by atomic mass is 32.2. The number of anilines is 1. The van der Waals surface area contributed by atoms with Crippen molar-refractivity contribution in [1.29, 1.82) is 0 Å². The van der Waals surface area contributed by atoms with E-state index in [9.17, 15) is 9.18 Å². The molecule has 0 unspecified atom stereocenters. The fraction of sp³-hybridized carbons (Fsp3) is 0.207. The minimum atomic E-state index is -0.311. The number of aryl methyl sites for hydroxylation is 1. The molecule has 0 saturated carbocycles. The molecule has 1 aliphatic rings. The van der Waals surface area contributed by atoms with E-state index in [0.717, 1.165) is 28.8 Å². The molecule has 1 saturated heterocycles. The third-order valence-electron chi connectivity index (χ3n) is 5.70. The molecule has 4 rings (SSSR count). The van der Waals surface area contributed by atoms with Gasteiger partial charge in [-0.25, -0.2) is 4.39 Å². The standard InChI is InChI=1S/C29H29FN2O3S/c1-4-7-22-14-21(16-25(34-3)27(22)35-18-20-8-6-9-23(30)15-20)17-26-28(33)32-29(36-26)31-24-12-10-19(5-2)11-13-24/h4,6,8-17,29,31H,1,5,7,18H2,2-3H3,(H,32,33)/b26-17-/t29-/m0/s1. The lowest BCUT2D eigenvalue weighted by Gasteiger charge is -2.16. The maximum Gasteiger partial charge on any atom is 0.260 e. The lowest BCUT2D eigenvalue weighted by molar-refractivity contribution is -0.116. The van der Waals surface area contributed by atoms with Crippen LogP contribution >= 0.6 is 11.8 Å². The Balaban J connectivity index is 1.53. The average molecular weight is 505 g/mol. The van der Waals surface area contributed by atoms with Crippen molar-refractivity contribution in [2.75, 3.05) is 12.4 Å². The van der Waals surface area contributed by atoms with Gasteiger partial charge < -0.3 is 20.1 Å². The highest BCUT2D eigenvalue weighted by molar-refractivity contribution is 8.05. The number of thioether (sulfide) groups is 1. The minimum Gasteiger partial charge on any atom is -0.493 e. The highest BCUT2D eigenvalue weighted by Gasteiger charge is 2.27. The van der Waals surface area contributed by atoms with Crippen molar-refractivity contribution in [2.45, 2.75) is 31.9 Å². The highest BCUT2D eigenvalue weighted by Crippen LogP contribution is 2.37. The van der Waals surface area contributed by atoms with Gasteiger partial charge in [0.2, 0.25) is 0 Å². The minimum absolute atomic E-state index is 0.140. The fourth-order valence-corrected chi connectivity index (χ4v) is 4.86. The molecule has 3 aromatic carbocycles. The molecular formula is C29H29FN2O3S. The van der Waals surface area contributed by atoms with Crippen molar-refractivity contribution in [1.82, 2.24) is 5.32 Å². The Labute approximate surface area is 215 Å². The van der Waals surface area contributed by atoms with Crippen molar-refractivity contribution in [3.8, 4) is 11.5 Å². The van der Waals surface area contributed by atoms with Crippen LogP contribution in [0.15, 0.2) is 78.2 Å². The Morgan fingerprint density at radius 2 is 1.94 bits per heavy atom. The van der Waals surface area contributed by atoms with Crippen LogP contribution in [0.1, 0.15) is 29.2 Å². The molecule has 3 aromatic rings. The number of benzene rings is 3. The second-order valence-electron chi connectivity index (χ2n) is 8.30. The first-order valence-corrected chi connectivity index (χ1v) is 12.6. The Hall–Kier alpha value is -3.71. The number of rotatable bonds is 10. The maximum absolute atomic E-state index is 13.6. The number of carbonyl (C=O) groups is 1. The van der Waals surface area contributed by atoms with E-state index in [1.54, 1.807) is 25.3 Å². The third kappa shape index (κ3) is 6.29. The van der Waals surface area contributed by atoms with Gasteiger partial charge in [0.15, 0.2) is 17.0 Å². The molecule has 1 aliphatic heterocycles. The lowest BCUT2D eigenvalue weighted by Crippen LogP contribution is -2.30. The number of carbonyl (C=O) groups excluding carboxylic acids is 1. The van der Waals surface area contributed by atoms with Crippen molar-refractivity contribution < 1.29 is 18.7 Å². The summed E-state index contributed by atoms with van der Waals surface area (Å²) in [6.07, 6.45) is 5.14. The van der Waals surface area contributed by atoms with Gasteiger partial charge in [-0.1, -0.05) is 49.0 Å². The zero-order chi connectivity index (χ0) is 25.5. The van der Waals surface area contributed by atoms with E-state index in [2.05, 4.69) is 36.3 Å². The van der Waals surface area contributed by atoms with Gasteiger partial charge in [-0.15, -0.1) is 6.58 Å². The van der Waals surface area contributed by atoms with Gasteiger partial charge in [0.05, 0.1) is 12.0 Å². The number of amides is 1. The molecule has 1 amide bonds. The quantitative estimate of drug-likeness (QED) is 0.251. The molecule has 1 heterocycles. The normalized spacial score (nSPS) is 16.0. The van der Waals surface area contributed by atoms with Crippen LogP contribution in [0.5, 0.6) is 11.5 Å². The number of hydrogen-bond acceptors (Lipinski definition) is 5. The number of ether oxygens (including phenoxy) is 2. The predicted octanol–water partition coefficient (Wildman–Crippen LogP) is 6.30. The summed E-state index contributed by atoms with van der Waals surface area (Å²) in [6.45, 7) is 6.16. The van der Waals surface area contributed by atoms with Crippen molar-refractivity contribution >= 4 is 29.4 Å². The van der Waals surface area contributed by atoms with Crippen LogP contribution in [0.2, 0.25) is 0 Å². The van der Waals surface area contributed by atoms with Gasteiger partial charge in [-0.2, -0.15) is 0 Å². The molecular weight excluding hydrogens is 475 g/mol. The van der Waals surface area contributed by atoms with E-state index in [4.69, 9.17) is 9.47 Å². The molecule has 1 fully saturated rings. The summed E-state index contributed by atoms with van der Waals surface area (Å²) in [4.78, 5) is 13.3. The summed E-state index contributed by atoms with van der Waals surface area (Å²) in [6, 6.07) is 18.3. The van der Waals surface area contributed by atoms with Crippen LogP contribution < -0.4 is 20.1 Å². The zero-order valence-corrected chi connectivity index (χ0v) is 21.2. The van der Waals surface area contributed by atoms with Gasteiger partial charge in [0.25, 0.3) is 5.91 Å². The summed E-state index contributed by atoms with van der Waals surface area (Å²) in [5.41, 5.74) is 4.33. The van der Waals surface area contributed by atoms with Crippen LogP contribution in [0.3, 0.4) is 0 Å². The maximum atomic E-state index is 13.6. The first-order chi connectivity index (χ1) is 17.5. The first-order valence-electron chi connectivity index (χ1n) is 11.7. The van der Waals surface area contributed by atoms with Crippen LogP contribution in [0.25, 0.3) is 6.08 Å². The smallest absolute Gasteiger partial charge is 0.260 e. The molecule has 7 heteroatoms. The van der Waals surface area contributed by atoms with Crippen molar-refractivity contribution in [2.24, 2.45) is 0 Å². The molecule has 0 radical (unpaired) electrons. The third-order valence-corrected chi connectivity index (χ3v) is 6.73. The molecule has 1 atom stereocenters. The van der Waals surface area contributed by atoms with Gasteiger partial charge in [-0.3, -0.25) is 4.79 Å². The molecule has 186 valence electrons. The molecule has 0 aliphatic carbocycles. The van der Waals surface area contributed by atoms with Crippen molar-refractivity contribution in [3.05, 3.63) is 106 Å². The second-order valence-corrected chi connectivity index (χ2v) is 9.44. The largest absolute Gasteiger partial charge is 0.493 e. The molecule has 0 aromatic heterocycles. The fourth-order valence-electron chi connectivity index (χ4n) is 3.88. The van der Waals surface area contributed by atoms with E-state index in [1.807, 2.05) is 30.3 Å². The number of halogens is 1. The second kappa shape index (κ2) is 11.8. The van der Waals surface area contributed by atoms with E-state index in [1.165, 1.54) is 29.5 Å². The molecule has 5 nitrogen and oxygen atoms in total. The lowest BCUT2D eigenvalue weighted by atomic mass is 10.0. The number of methoxy groups -OCH3 is 1. The topological polar surface area (TPSA) is 59.6 Å². The van der Waals surface area contributed by atoms with E-state index < -0.39 is 0 Å². The average Bonchev–Trinajstić information content (AvgIpc) is 3.21. The van der Waals surface area contributed by atoms with Gasteiger partial charge in [-0.05, 0) is 72.0 Å². The molecule has 36 heavy (non-hydrogen) atoms. The Kier molecular flexibility index (Phi) is 8.33. The molecule has 2 N–H and O–H groups in total. The van der Waals surface area contributed by atoms with Crippen LogP contribution in [0.4, 0.5) is 10.1 Å². The summed E-state index contributed by atoms with van der Waals surface area (Å²) >= 11 is 1.43. The summed E-state index contributed by atoms with van der Waals surface area (Å²) in [7, 11) is 1.57. The zero-order valence-electron chi connectivity index (χ0n) is 20.3. The number of hydrogen-bond donors (Lipinski definition) is 2. The van der Waals surface area contributed by atoms with Crippen LogP contribution in [-0.2, 0) is 24.2 Å². The number of allylic oxidation sites excluding steroid dienone is 1. The summed E-state index contributed by atoms with van der Waals surface area (Å²) in [5.74, 6) is 0.655. The molecule has 0 spiro atoms. The van der Waals surface area contributed by atoms with Crippen molar-refractivity contribution in [3.63, 3.8) is 0 Å². The van der Waals surface area contributed by atoms with Gasteiger partial charge in [0, 0.05) is 11.3 Å². The van der Waals surface area contributed by atoms with Crippen LogP contribution in [0, 0.1) is 5.82 Å². The van der Waals surface area contributed by atoms with E-state index in [0.29, 0.717) is 22.8 Å². The van der Waals surface area contributed by atoms with E-state index in [-0.39, 0.29) is 23.8 Å². The monoisotopic (exact) mass is 504 g/mol. The SMILES string of the molecule is C=CCc1cc(/C=C2\S[C@@H](Nc3ccc(CC)cc3)NC2=O)cc(OC)c1OCc1cccc(F)c1.